The molecule has 0 aliphatic heterocycles. The van der Waals surface area contributed by atoms with Gasteiger partial charge >= 0.3 is 11.8 Å². The van der Waals surface area contributed by atoms with Gasteiger partial charge in [0.15, 0.2) is 0 Å². The van der Waals surface area contributed by atoms with E-state index in [0.29, 0.717) is 19.6 Å². The molecular weight excluding hydrogens is 218 g/mol. The molecule has 0 fully saturated rings. The van der Waals surface area contributed by atoms with Crippen LogP contribution in [-0.2, 0) is 16.1 Å². The maximum atomic E-state index is 11.4. The highest BCUT2D eigenvalue weighted by Crippen LogP contribution is 2.05. The summed E-state index contributed by atoms with van der Waals surface area (Å²) in [6.45, 7) is 2.92. The maximum Gasteiger partial charge on any atom is 0.309 e. The fourth-order valence-corrected chi connectivity index (χ4v) is 1.33. The van der Waals surface area contributed by atoms with E-state index in [0.717, 1.165) is 11.1 Å². The highest BCUT2D eigenvalue weighted by Gasteiger charge is 2.11. The molecule has 4 N–H and O–H groups in total. The molecule has 92 valence electrons. The van der Waals surface area contributed by atoms with Crippen molar-refractivity contribution in [3.8, 4) is 0 Å². The van der Waals surface area contributed by atoms with Crippen LogP contribution in [0, 0.1) is 6.92 Å². The fourth-order valence-electron chi connectivity index (χ4n) is 1.33. The lowest BCUT2D eigenvalue weighted by atomic mass is 10.1. The first-order valence-corrected chi connectivity index (χ1v) is 5.45. The molecule has 5 heteroatoms. The van der Waals surface area contributed by atoms with E-state index in [1.165, 1.54) is 0 Å². The Morgan fingerprint density at radius 1 is 1.18 bits per heavy atom. The van der Waals surface area contributed by atoms with E-state index < -0.39 is 11.8 Å². The van der Waals surface area contributed by atoms with Crippen molar-refractivity contribution in [2.24, 2.45) is 5.73 Å². The number of carbonyl (C=O) groups excluding carboxylic acids is 2. The number of rotatable bonds is 4. The second-order valence-corrected chi connectivity index (χ2v) is 3.65. The Morgan fingerprint density at radius 2 is 1.82 bits per heavy atom. The minimum atomic E-state index is -0.649. The van der Waals surface area contributed by atoms with Gasteiger partial charge in [0.2, 0.25) is 0 Å². The zero-order valence-corrected chi connectivity index (χ0v) is 9.82. The Labute approximate surface area is 100 Å². The monoisotopic (exact) mass is 235 g/mol. The molecular formula is C12H17N3O2. The predicted molar refractivity (Wildman–Crippen MR) is 65.1 cm³/mol. The number of nitrogens with one attached hydrogen (secondary N) is 2. The van der Waals surface area contributed by atoms with Crippen LogP contribution in [0.1, 0.15) is 11.1 Å². The lowest BCUT2D eigenvalue weighted by molar-refractivity contribution is -0.139. The van der Waals surface area contributed by atoms with Crippen LogP contribution in [0.15, 0.2) is 24.3 Å². The summed E-state index contributed by atoms with van der Waals surface area (Å²) >= 11 is 0. The minimum Gasteiger partial charge on any atom is -0.347 e. The third kappa shape index (κ3) is 4.24. The highest BCUT2D eigenvalue weighted by atomic mass is 16.2. The molecule has 0 aliphatic rings. The molecule has 0 saturated carbocycles. The van der Waals surface area contributed by atoms with Crippen LogP contribution in [0.25, 0.3) is 0 Å². The van der Waals surface area contributed by atoms with Crippen molar-refractivity contribution in [1.29, 1.82) is 0 Å². The largest absolute Gasteiger partial charge is 0.347 e. The summed E-state index contributed by atoms with van der Waals surface area (Å²) in [5.41, 5.74) is 7.29. The fraction of sp³-hybridized carbons (Fsp3) is 0.333. The summed E-state index contributed by atoms with van der Waals surface area (Å²) in [4.78, 5) is 22.6. The van der Waals surface area contributed by atoms with Crippen LogP contribution in [0.3, 0.4) is 0 Å². The Hall–Kier alpha value is -1.88. The molecule has 2 amide bonds. The summed E-state index contributed by atoms with van der Waals surface area (Å²) in [6.07, 6.45) is 0. The molecule has 5 nitrogen and oxygen atoms in total. The van der Waals surface area contributed by atoms with Gasteiger partial charge in [-0.2, -0.15) is 0 Å². The zero-order chi connectivity index (χ0) is 12.7. The van der Waals surface area contributed by atoms with Gasteiger partial charge < -0.3 is 16.4 Å². The lowest BCUT2D eigenvalue weighted by Crippen LogP contribution is -2.41. The summed E-state index contributed by atoms with van der Waals surface area (Å²) in [6, 6.07) is 7.68. The number of hydrogen-bond donors (Lipinski definition) is 3. The molecule has 1 aromatic rings. The van der Waals surface area contributed by atoms with Crippen molar-refractivity contribution in [2.45, 2.75) is 13.5 Å². The number of hydrogen-bond acceptors (Lipinski definition) is 3. The number of aryl methyl sites for hydroxylation is 1. The van der Waals surface area contributed by atoms with Crippen LogP contribution >= 0.6 is 0 Å². The Kier molecular flexibility index (Phi) is 5.16. The molecule has 0 saturated heterocycles. The smallest absolute Gasteiger partial charge is 0.309 e. The summed E-state index contributed by atoms with van der Waals surface area (Å²) in [5.74, 6) is -1.29. The van der Waals surface area contributed by atoms with Crippen molar-refractivity contribution < 1.29 is 9.59 Å². The number of nitrogens with two attached hydrogens (primary N) is 1. The molecule has 0 aliphatic carbocycles. The SMILES string of the molecule is Cc1ccccc1CNC(=O)C(=O)NCCN. The highest BCUT2D eigenvalue weighted by molar-refractivity contribution is 6.35. The van der Waals surface area contributed by atoms with Crippen molar-refractivity contribution in [1.82, 2.24) is 10.6 Å². The van der Waals surface area contributed by atoms with Crippen LogP contribution in [-0.4, -0.2) is 24.9 Å². The van der Waals surface area contributed by atoms with Crippen molar-refractivity contribution in [2.75, 3.05) is 13.1 Å². The first-order valence-electron chi connectivity index (χ1n) is 5.45. The molecule has 0 unspecified atom stereocenters. The normalized spacial score (nSPS) is 9.76. The Bertz CT molecular complexity index is 404. The van der Waals surface area contributed by atoms with Crippen molar-refractivity contribution in [3.05, 3.63) is 35.4 Å². The first kappa shape index (κ1) is 13.2. The average Bonchev–Trinajstić information content (AvgIpc) is 2.34. The van der Waals surface area contributed by atoms with E-state index in [2.05, 4.69) is 10.6 Å². The second-order valence-electron chi connectivity index (χ2n) is 3.65. The van der Waals surface area contributed by atoms with Crippen molar-refractivity contribution in [3.63, 3.8) is 0 Å². The van der Waals surface area contributed by atoms with E-state index in [9.17, 15) is 9.59 Å². The van der Waals surface area contributed by atoms with Crippen molar-refractivity contribution >= 4 is 11.8 Å². The Balaban J connectivity index is 2.43. The first-order chi connectivity index (χ1) is 8.15. The van der Waals surface area contributed by atoms with Gasteiger partial charge in [-0.3, -0.25) is 9.59 Å². The lowest BCUT2D eigenvalue weighted by Gasteiger charge is -2.07. The molecule has 1 rings (SSSR count). The number of carbonyl (C=O) groups is 2. The number of benzene rings is 1. The van der Waals surface area contributed by atoms with Gasteiger partial charge in [-0.15, -0.1) is 0 Å². The van der Waals surface area contributed by atoms with Gasteiger partial charge in [0.1, 0.15) is 0 Å². The van der Waals surface area contributed by atoms with E-state index in [4.69, 9.17) is 5.73 Å². The molecule has 1 aromatic carbocycles. The summed E-state index contributed by atoms with van der Waals surface area (Å²) in [5, 5.41) is 4.96. The van der Waals surface area contributed by atoms with E-state index >= 15 is 0 Å². The minimum absolute atomic E-state index is 0.302. The summed E-state index contributed by atoms with van der Waals surface area (Å²) < 4.78 is 0. The topological polar surface area (TPSA) is 84.2 Å². The second kappa shape index (κ2) is 6.65. The standard InChI is InChI=1S/C12H17N3O2/c1-9-4-2-3-5-10(9)8-15-12(17)11(16)14-7-6-13/h2-5H,6-8,13H2,1H3,(H,14,16)(H,15,17). The summed E-state index contributed by atoms with van der Waals surface area (Å²) in [7, 11) is 0. The van der Waals surface area contributed by atoms with Gasteiger partial charge in [-0.25, -0.2) is 0 Å². The van der Waals surface area contributed by atoms with Gasteiger partial charge in [0, 0.05) is 19.6 Å². The quantitative estimate of drug-likeness (QED) is 0.626. The predicted octanol–water partition coefficient (Wildman–Crippen LogP) is -0.314. The molecule has 0 spiro atoms. The molecule has 0 heterocycles. The van der Waals surface area contributed by atoms with Crippen LogP contribution < -0.4 is 16.4 Å². The molecule has 17 heavy (non-hydrogen) atoms. The van der Waals surface area contributed by atoms with Gasteiger partial charge in [-0.05, 0) is 18.1 Å². The molecule has 0 bridgehead atoms. The zero-order valence-electron chi connectivity index (χ0n) is 9.82. The number of amides is 2. The van der Waals surface area contributed by atoms with Crippen LogP contribution in [0.2, 0.25) is 0 Å². The Morgan fingerprint density at radius 3 is 2.47 bits per heavy atom. The average molecular weight is 235 g/mol. The maximum absolute atomic E-state index is 11.4. The van der Waals surface area contributed by atoms with E-state index in [1.807, 2.05) is 31.2 Å². The van der Waals surface area contributed by atoms with Crippen LogP contribution in [0.4, 0.5) is 0 Å². The van der Waals surface area contributed by atoms with Gasteiger partial charge in [0.05, 0.1) is 0 Å². The van der Waals surface area contributed by atoms with Gasteiger partial charge in [0.25, 0.3) is 0 Å². The third-order valence-electron chi connectivity index (χ3n) is 2.34. The molecule has 0 aromatic heterocycles. The van der Waals surface area contributed by atoms with E-state index in [-0.39, 0.29) is 0 Å². The van der Waals surface area contributed by atoms with Crippen LogP contribution in [0.5, 0.6) is 0 Å². The molecule has 0 atom stereocenters. The third-order valence-corrected chi connectivity index (χ3v) is 2.34. The van der Waals surface area contributed by atoms with E-state index in [1.54, 1.807) is 0 Å². The van der Waals surface area contributed by atoms with Gasteiger partial charge in [-0.1, -0.05) is 24.3 Å². The molecule has 0 radical (unpaired) electrons.